The Hall–Kier alpha value is -3.23. The molecule has 1 fully saturated rings. The molecule has 1 N–H and O–H groups in total. The van der Waals surface area contributed by atoms with Gasteiger partial charge in [0.25, 0.3) is 5.91 Å². The van der Waals surface area contributed by atoms with Crippen LogP contribution in [-0.2, 0) is 6.42 Å². The minimum Gasteiger partial charge on any atom is -0.502 e. The Bertz CT molecular complexity index is 1130. The quantitative estimate of drug-likeness (QED) is 0.736. The van der Waals surface area contributed by atoms with Gasteiger partial charge < -0.3 is 10.0 Å². The van der Waals surface area contributed by atoms with Gasteiger partial charge >= 0.3 is 0 Å². The number of ketones is 1. The number of pyridine rings is 1. The molecule has 0 spiro atoms. The lowest BCUT2D eigenvalue weighted by Gasteiger charge is -2.42. The Morgan fingerprint density at radius 3 is 2.68 bits per heavy atom. The molecule has 0 saturated carbocycles. The fourth-order valence-corrected chi connectivity index (χ4v) is 4.44. The normalized spacial score (nSPS) is 20.1. The number of hydrogen-bond donors (Lipinski definition) is 1. The predicted molar refractivity (Wildman–Crippen MR) is 109 cm³/mol. The molecule has 0 bridgehead atoms. The highest BCUT2D eigenvalue weighted by atomic mass is 19.1. The summed E-state index contributed by atoms with van der Waals surface area (Å²) < 4.78 is 28.4. The third-order valence-corrected chi connectivity index (χ3v) is 6.00. The first kappa shape index (κ1) is 21.0. The van der Waals surface area contributed by atoms with Gasteiger partial charge in [0.15, 0.2) is 17.2 Å². The average Bonchev–Trinajstić information content (AvgIpc) is 3.10. The molecule has 1 aromatic carbocycles. The number of Topliss-reactive ketones (excluding diaryl/α,β-unsaturated/α-hetero) is 1. The molecule has 7 nitrogen and oxygen atoms in total. The Kier molecular flexibility index (Phi) is 5.28. The first-order valence-corrected chi connectivity index (χ1v) is 10.3. The number of carbonyl (C=O) groups is 2. The number of aryl methyl sites for hydroxylation is 1. The Morgan fingerprint density at radius 2 is 2.00 bits per heavy atom. The summed E-state index contributed by atoms with van der Waals surface area (Å²) in [7, 11) is 0. The van der Waals surface area contributed by atoms with Crippen LogP contribution >= 0.6 is 0 Å². The summed E-state index contributed by atoms with van der Waals surface area (Å²) in [5, 5.41) is 12.4. The second-order valence-electron chi connectivity index (χ2n) is 8.11. The number of benzene rings is 1. The zero-order chi connectivity index (χ0) is 22.4. The van der Waals surface area contributed by atoms with Crippen LogP contribution in [0.1, 0.15) is 53.1 Å². The fourth-order valence-electron chi connectivity index (χ4n) is 4.44. The molecule has 1 saturated heterocycles. The maximum Gasteiger partial charge on any atom is 0.278 e. The number of carbonyl (C=O) groups excluding carboxylic acids is 2. The second-order valence-corrected chi connectivity index (χ2v) is 8.11. The Morgan fingerprint density at radius 1 is 1.26 bits per heavy atom. The van der Waals surface area contributed by atoms with Gasteiger partial charge in [0, 0.05) is 31.8 Å². The van der Waals surface area contributed by atoms with Gasteiger partial charge in [-0.2, -0.15) is 0 Å². The summed E-state index contributed by atoms with van der Waals surface area (Å²) in [4.78, 5) is 40.0. The van der Waals surface area contributed by atoms with Crippen molar-refractivity contribution in [3.8, 4) is 5.75 Å². The van der Waals surface area contributed by atoms with E-state index in [0.717, 1.165) is 18.6 Å². The monoisotopic (exact) mass is 431 g/mol. The summed E-state index contributed by atoms with van der Waals surface area (Å²) in [5.74, 6) is -3.02. The van der Waals surface area contributed by atoms with Crippen molar-refractivity contribution in [1.82, 2.24) is 9.58 Å². The highest BCUT2D eigenvalue weighted by Gasteiger charge is 2.44. The van der Waals surface area contributed by atoms with Crippen LogP contribution in [0.15, 0.2) is 29.2 Å². The first-order chi connectivity index (χ1) is 14.7. The smallest absolute Gasteiger partial charge is 0.278 e. The lowest BCUT2D eigenvalue weighted by molar-refractivity contribution is 0.0604. The highest BCUT2D eigenvalue weighted by molar-refractivity contribution is 6.00. The van der Waals surface area contributed by atoms with Crippen molar-refractivity contribution in [2.24, 2.45) is 5.92 Å². The molecular weight excluding hydrogens is 408 g/mol. The van der Waals surface area contributed by atoms with E-state index in [-0.39, 0.29) is 41.7 Å². The third-order valence-electron chi connectivity index (χ3n) is 6.00. The molecule has 2 aromatic rings. The fraction of sp³-hybridized carbons (Fsp3) is 0.409. The summed E-state index contributed by atoms with van der Waals surface area (Å²) in [6.07, 6.45) is 1.58. The van der Waals surface area contributed by atoms with Crippen LogP contribution in [0, 0.1) is 17.6 Å². The topological polar surface area (TPSA) is 82.9 Å². The predicted octanol–water partition coefficient (Wildman–Crippen LogP) is 2.43. The van der Waals surface area contributed by atoms with Gasteiger partial charge in [0.2, 0.25) is 5.43 Å². The number of halogens is 2. The van der Waals surface area contributed by atoms with Gasteiger partial charge in [0.05, 0.1) is 5.56 Å². The molecule has 0 unspecified atom stereocenters. The molecule has 9 heteroatoms. The lowest BCUT2D eigenvalue weighted by atomic mass is 10.0. The standard InChI is InChI=1S/C22H23F2N3O4/c1-3-25-18-8-12(2)10-26(18)27-11-15(20(29)21(30)19(27)22(25)31)17(28)7-5-13-4-6-14(23)9-16(13)24/h4,6,9,11-12,18,30H,3,5,7-8,10H2,1-2H3/t12-,18+/m1/s1. The van der Waals surface area contributed by atoms with Crippen molar-refractivity contribution >= 4 is 11.7 Å². The van der Waals surface area contributed by atoms with Crippen molar-refractivity contribution in [2.75, 3.05) is 18.1 Å². The van der Waals surface area contributed by atoms with Gasteiger partial charge in [-0.25, -0.2) is 8.78 Å². The minimum absolute atomic E-state index is 0.0290. The van der Waals surface area contributed by atoms with Crippen LogP contribution in [0.5, 0.6) is 5.75 Å². The van der Waals surface area contributed by atoms with E-state index in [1.165, 1.54) is 16.9 Å². The van der Waals surface area contributed by atoms with Gasteiger partial charge in [-0.15, -0.1) is 0 Å². The lowest BCUT2D eigenvalue weighted by Crippen LogP contribution is -2.58. The third kappa shape index (κ3) is 3.47. The summed E-state index contributed by atoms with van der Waals surface area (Å²) >= 11 is 0. The summed E-state index contributed by atoms with van der Waals surface area (Å²) in [6, 6.07) is 3.09. The molecule has 0 radical (unpaired) electrons. The van der Waals surface area contributed by atoms with Gasteiger partial charge in [0.1, 0.15) is 17.8 Å². The molecule has 1 amide bonds. The molecule has 164 valence electrons. The van der Waals surface area contributed by atoms with E-state index >= 15 is 0 Å². The molecule has 1 aromatic heterocycles. The van der Waals surface area contributed by atoms with Crippen LogP contribution < -0.4 is 10.4 Å². The van der Waals surface area contributed by atoms with Crippen molar-refractivity contribution in [3.63, 3.8) is 0 Å². The van der Waals surface area contributed by atoms with E-state index in [2.05, 4.69) is 0 Å². The maximum atomic E-state index is 13.9. The minimum atomic E-state index is -0.925. The number of amides is 1. The molecule has 0 aliphatic carbocycles. The summed E-state index contributed by atoms with van der Waals surface area (Å²) in [6.45, 7) is 4.89. The molecule has 2 atom stereocenters. The SMILES string of the molecule is CCN1C(=O)c2c(O)c(=O)c(C(=O)CCc3ccc(F)cc3F)cn2N2C[C@H](C)C[C@@H]12. The van der Waals surface area contributed by atoms with Crippen LogP contribution in [0.3, 0.4) is 0 Å². The molecule has 2 aliphatic heterocycles. The van der Waals surface area contributed by atoms with E-state index in [9.17, 15) is 28.3 Å². The van der Waals surface area contributed by atoms with E-state index < -0.39 is 34.5 Å². The number of rotatable bonds is 5. The summed E-state index contributed by atoms with van der Waals surface area (Å²) in [5.41, 5.74) is -1.19. The number of fused-ring (bicyclic) bond motifs is 3. The highest BCUT2D eigenvalue weighted by Crippen LogP contribution is 2.32. The van der Waals surface area contributed by atoms with Gasteiger partial charge in [-0.05, 0) is 37.3 Å². The van der Waals surface area contributed by atoms with E-state index in [1.807, 2.05) is 18.9 Å². The number of aromatic nitrogens is 1. The molecule has 2 aliphatic rings. The van der Waals surface area contributed by atoms with Crippen molar-refractivity contribution < 1.29 is 23.5 Å². The van der Waals surface area contributed by atoms with E-state index in [4.69, 9.17) is 0 Å². The average molecular weight is 431 g/mol. The second kappa shape index (κ2) is 7.79. The van der Waals surface area contributed by atoms with Crippen LogP contribution in [0.2, 0.25) is 0 Å². The molecule has 4 rings (SSSR count). The van der Waals surface area contributed by atoms with E-state index in [0.29, 0.717) is 13.1 Å². The van der Waals surface area contributed by atoms with Crippen molar-refractivity contribution in [3.05, 3.63) is 63.1 Å². The maximum absolute atomic E-state index is 13.9. The number of nitrogens with zero attached hydrogens (tertiary/aromatic N) is 3. The van der Waals surface area contributed by atoms with Crippen LogP contribution in [0.4, 0.5) is 8.78 Å². The van der Waals surface area contributed by atoms with Crippen LogP contribution in [0.25, 0.3) is 0 Å². The Labute approximate surface area is 177 Å². The molecular formula is C22H23F2N3O4. The molecule has 3 heterocycles. The number of aromatic hydroxyl groups is 1. The van der Waals surface area contributed by atoms with Crippen molar-refractivity contribution in [2.45, 2.75) is 39.3 Å². The first-order valence-electron chi connectivity index (χ1n) is 10.3. The zero-order valence-corrected chi connectivity index (χ0v) is 17.3. The van der Waals surface area contributed by atoms with Crippen LogP contribution in [-0.4, -0.2) is 45.6 Å². The largest absolute Gasteiger partial charge is 0.502 e. The van der Waals surface area contributed by atoms with Gasteiger partial charge in [-0.3, -0.25) is 24.1 Å². The van der Waals surface area contributed by atoms with E-state index in [1.54, 1.807) is 4.90 Å². The number of hydrogen-bond acceptors (Lipinski definition) is 5. The zero-order valence-electron chi connectivity index (χ0n) is 17.3. The molecule has 31 heavy (non-hydrogen) atoms. The van der Waals surface area contributed by atoms with Gasteiger partial charge in [-0.1, -0.05) is 13.0 Å². The van der Waals surface area contributed by atoms with Crippen molar-refractivity contribution in [1.29, 1.82) is 0 Å². The Balaban J connectivity index is 1.69.